The number of ether oxygens (including phenoxy) is 1. The fourth-order valence-electron chi connectivity index (χ4n) is 2.59. The molecule has 22 heavy (non-hydrogen) atoms. The largest absolute Gasteiger partial charge is 0.478 e. The summed E-state index contributed by atoms with van der Waals surface area (Å²) in [5.74, 6) is -0.899. The average molecular weight is 306 g/mol. The summed E-state index contributed by atoms with van der Waals surface area (Å²) in [6.45, 7) is 6.62. The number of amides is 1. The van der Waals surface area contributed by atoms with E-state index in [1.165, 1.54) is 0 Å². The van der Waals surface area contributed by atoms with E-state index in [4.69, 9.17) is 4.74 Å². The third kappa shape index (κ3) is 3.96. The zero-order valence-electron chi connectivity index (χ0n) is 13.2. The van der Waals surface area contributed by atoms with Crippen molar-refractivity contribution in [2.75, 3.05) is 13.1 Å². The summed E-state index contributed by atoms with van der Waals surface area (Å²) in [5, 5.41) is 9.24. The maximum absolute atomic E-state index is 12.0. The van der Waals surface area contributed by atoms with Crippen molar-refractivity contribution in [3.8, 4) is 0 Å². The van der Waals surface area contributed by atoms with Crippen molar-refractivity contribution in [3.05, 3.63) is 29.6 Å². The van der Waals surface area contributed by atoms with E-state index in [1.54, 1.807) is 23.2 Å². The second kappa shape index (κ2) is 6.34. The Morgan fingerprint density at radius 1 is 1.32 bits per heavy atom. The van der Waals surface area contributed by atoms with Gasteiger partial charge in [-0.05, 0) is 45.7 Å². The number of piperidine rings is 1. The first kappa shape index (κ1) is 16.3. The van der Waals surface area contributed by atoms with Crippen LogP contribution < -0.4 is 0 Å². The van der Waals surface area contributed by atoms with Crippen molar-refractivity contribution >= 4 is 12.1 Å². The highest BCUT2D eigenvalue weighted by Crippen LogP contribution is 2.29. The van der Waals surface area contributed by atoms with Gasteiger partial charge in [0.25, 0.3) is 0 Å². The highest BCUT2D eigenvalue weighted by atomic mass is 16.6. The van der Waals surface area contributed by atoms with Gasteiger partial charge < -0.3 is 14.7 Å². The summed E-state index contributed by atoms with van der Waals surface area (Å²) in [7, 11) is 0. The molecule has 1 aromatic heterocycles. The fourth-order valence-corrected chi connectivity index (χ4v) is 2.59. The fraction of sp³-hybridized carbons (Fsp3) is 0.562. The van der Waals surface area contributed by atoms with Crippen molar-refractivity contribution in [1.29, 1.82) is 0 Å². The molecule has 2 rings (SSSR count). The standard InChI is InChI=1S/C16H22N2O4/c1-16(2,3)22-15(21)18-9-6-11(7-10-18)13-12(14(19)20)5-4-8-17-13/h4-5,8,11H,6-7,9-10H2,1-3H3,(H,19,20). The van der Waals surface area contributed by atoms with Gasteiger partial charge in [0.1, 0.15) is 5.60 Å². The molecule has 0 radical (unpaired) electrons. The van der Waals surface area contributed by atoms with Gasteiger partial charge in [-0.1, -0.05) is 0 Å². The minimum atomic E-state index is -0.960. The number of hydrogen-bond donors (Lipinski definition) is 1. The van der Waals surface area contributed by atoms with Crippen LogP contribution in [0.3, 0.4) is 0 Å². The molecule has 1 amide bonds. The van der Waals surface area contributed by atoms with Gasteiger partial charge in [-0.2, -0.15) is 0 Å². The van der Waals surface area contributed by atoms with Crippen LogP contribution in [0, 0.1) is 0 Å². The van der Waals surface area contributed by atoms with E-state index < -0.39 is 11.6 Å². The molecule has 1 aliphatic rings. The van der Waals surface area contributed by atoms with Crippen LogP contribution in [-0.4, -0.2) is 45.7 Å². The maximum atomic E-state index is 12.0. The number of likely N-dealkylation sites (tertiary alicyclic amines) is 1. The van der Waals surface area contributed by atoms with Crippen molar-refractivity contribution in [3.63, 3.8) is 0 Å². The summed E-state index contributed by atoms with van der Waals surface area (Å²) in [5.41, 5.74) is 0.350. The lowest BCUT2D eigenvalue weighted by Gasteiger charge is -2.33. The number of aromatic nitrogens is 1. The molecule has 0 unspecified atom stereocenters. The number of rotatable bonds is 2. The van der Waals surface area contributed by atoms with Gasteiger partial charge in [0.2, 0.25) is 0 Å². The number of pyridine rings is 1. The van der Waals surface area contributed by atoms with Crippen LogP contribution in [0.4, 0.5) is 4.79 Å². The molecule has 1 fully saturated rings. The Morgan fingerprint density at radius 2 is 1.95 bits per heavy atom. The Morgan fingerprint density at radius 3 is 2.50 bits per heavy atom. The predicted molar refractivity (Wildman–Crippen MR) is 81.0 cm³/mol. The summed E-state index contributed by atoms with van der Waals surface area (Å²) >= 11 is 0. The summed E-state index contributed by atoms with van der Waals surface area (Å²) in [6, 6.07) is 3.20. The first-order valence-electron chi connectivity index (χ1n) is 7.44. The van der Waals surface area contributed by atoms with Crippen molar-refractivity contribution in [2.24, 2.45) is 0 Å². The molecular formula is C16H22N2O4. The summed E-state index contributed by atoms with van der Waals surface area (Å²) < 4.78 is 5.36. The topological polar surface area (TPSA) is 79.7 Å². The third-order valence-electron chi connectivity index (χ3n) is 3.60. The van der Waals surface area contributed by atoms with E-state index >= 15 is 0 Å². The minimum Gasteiger partial charge on any atom is -0.478 e. The molecule has 6 heteroatoms. The number of carboxylic acids is 1. The Kier molecular flexibility index (Phi) is 4.68. The second-order valence-corrected chi connectivity index (χ2v) is 6.48. The molecule has 0 aliphatic carbocycles. The quantitative estimate of drug-likeness (QED) is 0.908. The first-order chi connectivity index (χ1) is 10.3. The molecule has 1 aromatic rings. The highest BCUT2D eigenvalue weighted by Gasteiger charge is 2.29. The lowest BCUT2D eigenvalue weighted by molar-refractivity contribution is 0.0203. The van der Waals surface area contributed by atoms with Gasteiger partial charge in [-0.15, -0.1) is 0 Å². The number of hydrogen-bond acceptors (Lipinski definition) is 4. The number of carbonyl (C=O) groups is 2. The maximum Gasteiger partial charge on any atom is 0.410 e. The molecule has 120 valence electrons. The van der Waals surface area contributed by atoms with Crippen molar-refractivity contribution in [1.82, 2.24) is 9.88 Å². The van der Waals surface area contributed by atoms with E-state index in [0.29, 0.717) is 31.6 Å². The number of aromatic carboxylic acids is 1. The lowest BCUT2D eigenvalue weighted by atomic mass is 9.90. The molecule has 0 aromatic carbocycles. The number of nitrogens with zero attached hydrogens (tertiary/aromatic N) is 2. The monoisotopic (exact) mass is 306 g/mol. The lowest BCUT2D eigenvalue weighted by Crippen LogP contribution is -2.41. The molecule has 0 spiro atoms. The van der Waals surface area contributed by atoms with Crippen molar-refractivity contribution < 1.29 is 19.4 Å². The number of carbonyl (C=O) groups excluding carboxylic acids is 1. The zero-order valence-corrected chi connectivity index (χ0v) is 13.2. The normalized spacial score (nSPS) is 16.4. The predicted octanol–water partition coefficient (Wildman–Crippen LogP) is 2.89. The van der Waals surface area contributed by atoms with Crippen LogP contribution in [0.5, 0.6) is 0 Å². The molecule has 1 saturated heterocycles. The Hall–Kier alpha value is -2.11. The first-order valence-corrected chi connectivity index (χ1v) is 7.44. The van der Waals surface area contributed by atoms with Gasteiger partial charge in [-0.25, -0.2) is 9.59 Å². The smallest absolute Gasteiger partial charge is 0.410 e. The molecule has 0 saturated carbocycles. The van der Waals surface area contributed by atoms with Gasteiger partial charge in [-0.3, -0.25) is 4.98 Å². The van der Waals surface area contributed by atoms with Crippen LogP contribution in [0.15, 0.2) is 18.3 Å². The van der Waals surface area contributed by atoms with Gasteiger partial charge >= 0.3 is 12.1 Å². The van der Waals surface area contributed by atoms with E-state index in [-0.39, 0.29) is 17.6 Å². The van der Waals surface area contributed by atoms with Gasteiger partial charge in [0.05, 0.1) is 11.3 Å². The van der Waals surface area contributed by atoms with E-state index in [0.717, 1.165) is 0 Å². The van der Waals surface area contributed by atoms with Crippen LogP contribution >= 0.6 is 0 Å². The molecule has 0 bridgehead atoms. The molecular weight excluding hydrogens is 284 g/mol. The molecule has 2 heterocycles. The van der Waals surface area contributed by atoms with E-state index in [9.17, 15) is 14.7 Å². The van der Waals surface area contributed by atoms with Crippen molar-refractivity contribution in [2.45, 2.75) is 45.1 Å². The Bertz CT molecular complexity index is 558. The SMILES string of the molecule is CC(C)(C)OC(=O)N1CCC(c2ncccc2C(=O)O)CC1. The second-order valence-electron chi connectivity index (χ2n) is 6.48. The highest BCUT2D eigenvalue weighted by molar-refractivity contribution is 5.89. The van der Waals surface area contributed by atoms with Gasteiger partial charge in [0.15, 0.2) is 0 Å². The average Bonchev–Trinajstić information content (AvgIpc) is 2.45. The van der Waals surface area contributed by atoms with Crippen LogP contribution in [0.1, 0.15) is 55.6 Å². The van der Waals surface area contributed by atoms with Crippen LogP contribution in [0.25, 0.3) is 0 Å². The third-order valence-corrected chi connectivity index (χ3v) is 3.60. The molecule has 6 nitrogen and oxygen atoms in total. The minimum absolute atomic E-state index is 0.0611. The number of carboxylic acid groups (broad SMARTS) is 1. The van der Waals surface area contributed by atoms with Crippen LogP contribution in [0.2, 0.25) is 0 Å². The summed E-state index contributed by atoms with van der Waals surface area (Å²) in [4.78, 5) is 29.2. The van der Waals surface area contributed by atoms with Gasteiger partial charge in [0, 0.05) is 25.2 Å². The Balaban J connectivity index is 2.01. The molecule has 1 aliphatic heterocycles. The zero-order chi connectivity index (χ0) is 16.3. The Labute approximate surface area is 130 Å². The van der Waals surface area contributed by atoms with E-state index in [1.807, 2.05) is 20.8 Å². The van der Waals surface area contributed by atoms with Crippen LogP contribution in [-0.2, 0) is 4.74 Å². The molecule has 1 N–H and O–H groups in total. The summed E-state index contributed by atoms with van der Waals surface area (Å²) in [6.07, 6.45) is 2.68. The molecule has 0 atom stereocenters. The van der Waals surface area contributed by atoms with E-state index in [2.05, 4.69) is 4.98 Å².